The fraction of sp³-hybridized carbons (Fsp3) is 0.238. The Kier molecular flexibility index (Phi) is 5.29. The van der Waals surface area contributed by atoms with Crippen LogP contribution in [0.1, 0.15) is 12.8 Å². The van der Waals surface area contributed by atoms with Crippen molar-refractivity contribution in [1.29, 1.82) is 0 Å². The molecule has 150 valence electrons. The smallest absolute Gasteiger partial charge is 0.243 e. The average Bonchev–Trinajstić information content (AvgIpc) is 2.74. The molecule has 8 heteroatoms. The van der Waals surface area contributed by atoms with Gasteiger partial charge in [-0.2, -0.15) is 4.31 Å². The Balaban J connectivity index is 1.43. The van der Waals surface area contributed by atoms with Gasteiger partial charge < -0.3 is 5.32 Å². The van der Waals surface area contributed by atoms with E-state index in [1.54, 1.807) is 12.3 Å². The highest BCUT2D eigenvalue weighted by atomic mass is 32.2. The number of nitrogens with one attached hydrogen (secondary N) is 1. The van der Waals surface area contributed by atoms with Gasteiger partial charge in [-0.05, 0) is 49.2 Å². The van der Waals surface area contributed by atoms with E-state index in [-0.39, 0.29) is 29.8 Å². The van der Waals surface area contributed by atoms with Gasteiger partial charge in [0.05, 0.1) is 16.1 Å². The Bertz CT molecular complexity index is 1140. The Labute approximate surface area is 168 Å². The fourth-order valence-electron chi connectivity index (χ4n) is 3.55. The van der Waals surface area contributed by atoms with Gasteiger partial charge in [0, 0.05) is 30.6 Å². The Morgan fingerprint density at radius 1 is 1.03 bits per heavy atom. The molecule has 0 unspecified atom stereocenters. The Morgan fingerprint density at radius 3 is 2.45 bits per heavy atom. The lowest BCUT2D eigenvalue weighted by Gasteiger charge is -2.30. The molecule has 4 rings (SSSR count). The van der Waals surface area contributed by atoms with E-state index in [4.69, 9.17) is 0 Å². The summed E-state index contributed by atoms with van der Waals surface area (Å²) in [7, 11) is -3.69. The number of pyridine rings is 1. The first kappa shape index (κ1) is 19.5. The molecule has 0 aliphatic carbocycles. The van der Waals surface area contributed by atoms with E-state index in [0.29, 0.717) is 18.5 Å². The maximum absolute atomic E-state index is 13.1. The molecule has 3 aromatic rings. The number of para-hydroxylation sites is 1. The van der Waals surface area contributed by atoms with Crippen LogP contribution in [0.3, 0.4) is 0 Å². The number of fused-ring (bicyclic) bond motifs is 1. The number of halogens is 1. The molecular weight excluding hydrogens is 393 g/mol. The molecule has 0 bridgehead atoms. The van der Waals surface area contributed by atoms with E-state index >= 15 is 0 Å². The van der Waals surface area contributed by atoms with Crippen molar-refractivity contribution in [1.82, 2.24) is 9.29 Å². The van der Waals surface area contributed by atoms with Gasteiger partial charge in [-0.3, -0.25) is 9.78 Å². The first-order valence-corrected chi connectivity index (χ1v) is 10.8. The second-order valence-corrected chi connectivity index (χ2v) is 8.94. The van der Waals surface area contributed by atoms with Crippen molar-refractivity contribution < 1.29 is 17.6 Å². The number of hydrogen-bond acceptors (Lipinski definition) is 4. The minimum atomic E-state index is -3.69. The van der Waals surface area contributed by atoms with Gasteiger partial charge in [0.15, 0.2) is 0 Å². The fourth-order valence-corrected chi connectivity index (χ4v) is 5.02. The molecule has 29 heavy (non-hydrogen) atoms. The van der Waals surface area contributed by atoms with Crippen molar-refractivity contribution in [3.63, 3.8) is 0 Å². The minimum absolute atomic E-state index is 0.0589. The van der Waals surface area contributed by atoms with Crippen molar-refractivity contribution in [2.24, 2.45) is 5.92 Å². The van der Waals surface area contributed by atoms with E-state index in [2.05, 4.69) is 10.3 Å². The van der Waals surface area contributed by atoms with Crippen molar-refractivity contribution >= 4 is 32.5 Å². The van der Waals surface area contributed by atoms with Crippen molar-refractivity contribution in [2.75, 3.05) is 18.4 Å². The molecule has 0 radical (unpaired) electrons. The molecule has 1 aliphatic rings. The average molecular weight is 413 g/mol. The van der Waals surface area contributed by atoms with Gasteiger partial charge >= 0.3 is 0 Å². The number of aromatic nitrogens is 1. The molecule has 1 N–H and O–H groups in total. The summed E-state index contributed by atoms with van der Waals surface area (Å²) in [5.41, 5.74) is 1.37. The lowest BCUT2D eigenvalue weighted by atomic mass is 9.97. The van der Waals surface area contributed by atoms with E-state index in [0.717, 1.165) is 23.0 Å². The third kappa shape index (κ3) is 3.99. The predicted molar refractivity (Wildman–Crippen MR) is 108 cm³/mol. The van der Waals surface area contributed by atoms with E-state index in [9.17, 15) is 17.6 Å². The summed E-state index contributed by atoms with van der Waals surface area (Å²) >= 11 is 0. The number of benzene rings is 2. The van der Waals surface area contributed by atoms with Gasteiger partial charge in [-0.25, -0.2) is 12.8 Å². The van der Waals surface area contributed by atoms with Crippen LogP contribution in [0.4, 0.5) is 10.1 Å². The maximum Gasteiger partial charge on any atom is 0.243 e. The Morgan fingerprint density at radius 2 is 1.72 bits per heavy atom. The third-order valence-electron chi connectivity index (χ3n) is 5.17. The second-order valence-electron chi connectivity index (χ2n) is 7.00. The van der Waals surface area contributed by atoms with Crippen LogP contribution >= 0.6 is 0 Å². The number of nitrogens with zero attached hydrogens (tertiary/aromatic N) is 2. The van der Waals surface area contributed by atoms with Crippen LogP contribution in [-0.2, 0) is 14.8 Å². The minimum Gasteiger partial charge on any atom is -0.324 e. The molecule has 0 saturated carbocycles. The highest BCUT2D eigenvalue weighted by Gasteiger charge is 2.32. The number of carbonyl (C=O) groups excluding carboxylic acids is 1. The first-order chi connectivity index (χ1) is 13.9. The van der Waals surface area contributed by atoms with E-state index < -0.39 is 15.8 Å². The van der Waals surface area contributed by atoms with Crippen molar-refractivity contribution in [3.05, 3.63) is 66.6 Å². The van der Waals surface area contributed by atoms with Crippen molar-refractivity contribution in [3.8, 4) is 0 Å². The first-order valence-electron chi connectivity index (χ1n) is 9.35. The van der Waals surface area contributed by atoms with Crippen LogP contribution in [0.5, 0.6) is 0 Å². The van der Waals surface area contributed by atoms with Crippen LogP contribution in [0.25, 0.3) is 10.9 Å². The summed E-state index contributed by atoms with van der Waals surface area (Å²) in [6.45, 7) is 0.483. The predicted octanol–water partition coefficient (Wildman–Crippen LogP) is 3.41. The van der Waals surface area contributed by atoms with Gasteiger partial charge in [0.2, 0.25) is 15.9 Å². The van der Waals surface area contributed by atoms with E-state index in [1.807, 2.05) is 24.3 Å². The van der Waals surface area contributed by atoms with Crippen LogP contribution < -0.4 is 5.32 Å². The number of amides is 1. The van der Waals surface area contributed by atoms with Crippen LogP contribution in [0.15, 0.2) is 65.7 Å². The highest BCUT2D eigenvalue weighted by molar-refractivity contribution is 7.89. The summed E-state index contributed by atoms with van der Waals surface area (Å²) in [4.78, 5) is 17.1. The molecule has 1 saturated heterocycles. The van der Waals surface area contributed by atoms with Gasteiger partial charge in [0.1, 0.15) is 5.82 Å². The SMILES string of the molecule is O=C(Nc1cccc2cccnc12)C1CCN(S(=O)(=O)c2ccc(F)cc2)CC1. The molecule has 1 aromatic heterocycles. The van der Waals surface area contributed by atoms with Crippen LogP contribution in [-0.4, -0.2) is 36.7 Å². The quantitative estimate of drug-likeness (QED) is 0.711. The number of sulfonamides is 1. The second kappa shape index (κ2) is 7.88. The molecular formula is C21H20FN3O3S. The maximum atomic E-state index is 13.1. The lowest BCUT2D eigenvalue weighted by Crippen LogP contribution is -2.41. The van der Waals surface area contributed by atoms with Gasteiger partial charge in [-0.15, -0.1) is 0 Å². The standard InChI is InChI=1S/C21H20FN3O3S/c22-17-6-8-18(9-7-17)29(27,28)25-13-10-16(11-14-25)21(26)24-19-5-1-3-15-4-2-12-23-20(15)19/h1-9,12,16H,10-11,13-14H2,(H,24,26). The molecule has 1 aliphatic heterocycles. The van der Waals surface area contributed by atoms with Gasteiger partial charge in [0.25, 0.3) is 0 Å². The lowest BCUT2D eigenvalue weighted by molar-refractivity contribution is -0.120. The summed E-state index contributed by atoms with van der Waals surface area (Å²) in [6, 6.07) is 14.1. The molecule has 2 heterocycles. The topological polar surface area (TPSA) is 79.4 Å². The zero-order chi connectivity index (χ0) is 20.4. The molecule has 1 amide bonds. The molecule has 1 fully saturated rings. The number of rotatable bonds is 4. The molecule has 2 aromatic carbocycles. The number of hydrogen-bond donors (Lipinski definition) is 1. The van der Waals surface area contributed by atoms with Crippen LogP contribution in [0.2, 0.25) is 0 Å². The van der Waals surface area contributed by atoms with Gasteiger partial charge in [-0.1, -0.05) is 18.2 Å². The zero-order valence-electron chi connectivity index (χ0n) is 15.6. The Hall–Kier alpha value is -2.84. The van der Waals surface area contributed by atoms with Crippen molar-refractivity contribution in [2.45, 2.75) is 17.7 Å². The highest BCUT2D eigenvalue weighted by Crippen LogP contribution is 2.26. The zero-order valence-corrected chi connectivity index (χ0v) is 16.4. The third-order valence-corrected chi connectivity index (χ3v) is 7.08. The largest absolute Gasteiger partial charge is 0.324 e. The molecule has 0 atom stereocenters. The summed E-state index contributed by atoms with van der Waals surface area (Å²) in [5.74, 6) is -0.905. The number of piperidine rings is 1. The summed E-state index contributed by atoms with van der Waals surface area (Å²) < 4.78 is 39.8. The monoisotopic (exact) mass is 413 g/mol. The number of carbonyl (C=O) groups is 1. The number of anilines is 1. The van der Waals surface area contributed by atoms with E-state index in [1.165, 1.54) is 16.4 Å². The summed E-state index contributed by atoms with van der Waals surface area (Å²) in [5, 5.41) is 3.87. The molecule has 6 nitrogen and oxygen atoms in total. The summed E-state index contributed by atoms with van der Waals surface area (Å²) in [6.07, 6.45) is 2.52. The van der Waals surface area contributed by atoms with Crippen LogP contribution in [0, 0.1) is 11.7 Å². The molecule has 0 spiro atoms. The normalized spacial score (nSPS) is 16.0.